The number of rotatable bonds is 3. The summed E-state index contributed by atoms with van der Waals surface area (Å²) in [4.78, 5) is 26.7. The molecule has 0 saturated heterocycles. The summed E-state index contributed by atoms with van der Waals surface area (Å²) in [6.07, 6.45) is 0.0823. The number of benzene rings is 3. The molecule has 1 aliphatic heterocycles. The summed E-state index contributed by atoms with van der Waals surface area (Å²) in [6.45, 7) is 0. The summed E-state index contributed by atoms with van der Waals surface area (Å²) < 4.78 is 17.5. The van der Waals surface area contributed by atoms with Gasteiger partial charge in [0.1, 0.15) is 11.9 Å². The molecule has 31 heavy (non-hydrogen) atoms. The Morgan fingerprint density at radius 2 is 1.48 bits per heavy atom. The number of fused-ring (bicyclic) bond motifs is 3. The first-order valence-electron chi connectivity index (χ1n) is 9.75. The van der Waals surface area contributed by atoms with E-state index in [1.165, 1.54) is 14.2 Å². The standard InChI is InChI=1S/C25H17NO5/c1-29-23-17-11-18(14-9-7-13(12-26)8-10-14)31-24(17)25(30-2)20-19(23)21(27)15-5-3-4-6-16(15)22(20)28/h3-10,18H,11H2,1-2H3. The highest BCUT2D eigenvalue weighted by molar-refractivity contribution is 6.30. The molecular weight excluding hydrogens is 394 g/mol. The molecule has 0 N–H and O–H groups in total. The van der Waals surface area contributed by atoms with Crippen LogP contribution in [-0.2, 0) is 6.42 Å². The lowest BCUT2D eigenvalue weighted by Gasteiger charge is -2.23. The first-order chi connectivity index (χ1) is 15.1. The van der Waals surface area contributed by atoms with E-state index in [2.05, 4.69) is 6.07 Å². The monoisotopic (exact) mass is 411 g/mol. The van der Waals surface area contributed by atoms with E-state index in [1.54, 1.807) is 36.4 Å². The molecule has 0 saturated carbocycles. The normalized spacial score (nSPS) is 16.0. The summed E-state index contributed by atoms with van der Waals surface area (Å²) in [5, 5.41) is 9.04. The Morgan fingerprint density at radius 1 is 0.903 bits per heavy atom. The van der Waals surface area contributed by atoms with Crippen molar-refractivity contribution in [1.29, 1.82) is 5.26 Å². The molecule has 3 aromatic rings. The molecule has 1 heterocycles. The summed E-state index contributed by atoms with van der Waals surface area (Å²) >= 11 is 0. The molecule has 0 radical (unpaired) electrons. The largest absolute Gasteiger partial charge is 0.496 e. The lowest BCUT2D eigenvalue weighted by molar-refractivity contribution is 0.0973. The molecule has 5 rings (SSSR count). The summed E-state index contributed by atoms with van der Waals surface area (Å²) in [5.74, 6) is 0.427. The van der Waals surface area contributed by atoms with Crippen LogP contribution in [0.1, 0.15) is 54.6 Å². The maximum Gasteiger partial charge on any atom is 0.198 e. The molecule has 3 aromatic carbocycles. The highest BCUT2D eigenvalue weighted by atomic mass is 16.5. The fourth-order valence-corrected chi connectivity index (χ4v) is 4.37. The molecular formula is C25H17NO5. The first-order valence-corrected chi connectivity index (χ1v) is 9.75. The van der Waals surface area contributed by atoms with Crippen molar-refractivity contribution in [2.45, 2.75) is 12.5 Å². The van der Waals surface area contributed by atoms with Crippen molar-refractivity contribution in [3.8, 4) is 23.3 Å². The smallest absolute Gasteiger partial charge is 0.198 e. The van der Waals surface area contributed by atoms with Gasteiger partial charge in [-0.05, 0) is 17.7 Å². The van der Waals surface area contributed by atoms with Gasteiger partial charge in [0, 0.05) is 23.1 Å². The van der Waals surface area contributed by atoms with Crippen LogP contribution in [0.4, 0.5) is 0 Å². The van der Waals surface area contributed by atoms with Crippen LogP contribution >= 0.6 is 0 Å². The minimum Gasteiger partial charge on any atom is -0.496 e. The third-order valence-corrected chi connectivity index (χ3v) is 5.80. The van der Waals surface area contributed by atoms with Crippen LogP contribution in [0.2, 0.25) is 0 Å². The zero-order valence-corrected chi connectivity index (χ0v) is 16.9. The molecule has 1 aliphatic carbocycles. The van der Waals surface area contributed by atoms with E-state index >= 15 is 0 Å². The van der Waals surface area contributed by atoms with Crippen LogP contribution in [0.15, 0.2) is 48.5 Å². The third kappa shape index (κ3) is 2.63. The van der Waals surface area contributed by atoms with E-state index in [1.807, 2.05) is 12.1 Å². The molecule has 1 unspecified atom stereocenters. The van der Waals surface area contributed by atoms with Crippen molar-refractivity contribution in [2.75, 3.05) is 14.2 Å². The highest BCUT2D eigenvalue weighted by Crippen LogP contribution is 2.53. The van der Waals surface area contributed by atoms with Gasteiger partial charge in [-0.3, -0.25) is 9.59 Å². The Hall–Kier alpha value is -4.11. The topological polar surface area (TPSA) is 85.6 Å². The minimum atomic E-state index is -0.359. The Labute approximate surface area is 178 Å². The average molecular weight is 411 g/mol. The lowest BCUT2D eigenvalue weighted by atomic mass is 9.81. The van der Waals surface area contributed by atoms with Crippen LogP contribution in [0, 0.1) is 11.3 Å². The van der Waals surface area contributed by atoms with Crippen molar-refractivity contribution in [3.63, 3.8) is 0 Å². The predicted octanol–water partition coefficient (Wildman–Crippen LogP) is 4.03. The summed E-state index contributed by atoms with van der Waals surface area (Å²) in [6, 6.07) is 16.0. The Kier molecular flexibility index (Phi) is 4.26. The van der Waals surface area contributed by atoms with Crippen molar-refractivity contribution in [3.05, 3.63) is 87.5 Å². The zero-order chi connectivity index (χ0) is 21.7. The quantitative estimate of drug-likeness (QED) is 0.506. The first kappa shape index (κ1) is 18.9. The number of carbonyl (C=O) groups excluding carboxylic acids is 2. The number of hydrogen-bond donors (Lipinski definition) is 0. The van der Waals surface area contributed by atoms with Crippen LogP contribution in [0.25, 0.3) is 0 Å². The maximum atomic E-state index is 13.4. The van der Waals surface area contributed by atoms with E-state index in [0.29, 0.717) is 40.2 Å². The molecule has 0 amide bonds. The van der Waals surface area contributed by atoms with Crippen LogP contribution in [-0.4, -0.2) is 25.8 Å². The van der Waals surface area contributed by atoms with Gasteiger partial charge in [-0.1, -0.05) is 36.4 Å². The predicted molar refractivity (Wildman–Crippen MR) is 111 cm³/mol. The third-order valence-electron chi connectivity index (χ3n) is 5.80. The summed E-state index contributed by atoms with van der Waals surface area (Å²) in [5.41, 5.74) is 3.18. The van der Waals surface area contributed by atoms with Gasteiger partial charge in [-0.15, -0.1) is 0 Å². The van der Waals surface area contributed by atoms with Gasteiger partial charge in [0.2, 0.25) is 0 Å². The number of hydrogen-bond acceptors (Lipinski definition) is 6. The maximum absolute atomic E-state index is 13.4. The van der Waals surface area contributed by atoms with Crippen molar-refractivity contribution >= 4 is 11.6 Å². The second-order valence-electron chi connectivity index (χ2n) is 7.37. The molecule has 6 nitrogen and oxygen atoms in total. The molecule has 1 atom stereocenters. The minimum absolute atomic E-state index is 0.169. The highest BCUT2D eigenvalue weighted by Gasteiger charge is 2.42. The second kappa shape index (κ2) is 6.99. The molecule has 0 spiro atoms. The van der Waals surface area contributed by atoms with E-state index in [-0.39, 0.29) is 34.5 Å². The van der Waals surface area contributed by atoms with Gasteiger partial charge >= 0.3 is 0 Å². The second-order valence-corrected chi connectivity index (χ2v) is 7.37. The molecule has 0 aromatic heterocycles. The van der Waals surface area contributed by atoms with E-state index in [4.69, 9.17) is 19.5 Å². The number of nitriles is 1. The van der Waals surface area contributed by atoms with E-state index < -0.39 is 0 Å². The van der Waals surface area contributed by atoms with E-state index in [0.717, 1.165) is 5.56 Å². The van der Waals surface area contributed by atoms with Gasteiger partial charge < -0.3 is 14.2 Å². The number of ether oxygens (including phenoxy) is 3. The number of nitrogens with zero attached hydrogens (tertiary/aromatic N) is 1. The van der Waals surface area contributed by atoms with Crippen molar-refractivity contribution in [2.24, 2.45) is 0 Å². The van der Waals surface area contributed by atoms with Crippen molar-refractivity contribution in [1.82, 2.24) is 0 Å². The van der Waals surface area contributed by atoms with Crippen LogP contribution < -0.4 is 14.2 Å². The number of carbonyl (C=O) groups is 2. The number of methoxy groups -OCH3 is 2. The SMILES string of the molecule is COc1c2c(c(OC)c3c1C(=O)c1ccccc1C3=O)OC(c1ccc(C#N)cc1)C2. The molecule has 0 fully saturated rings. The zero-order valence-electron chi connectivity index (χ0n) is 16.9. The molecule has 152 valence electrons. The fraction of sp³-hybridized carbons (Fsp3) is 0.160. The lowest BCUT2D eigenvalue weighted by Crippen LogP contribution is -2.23. The molecule has 0 bridgehead atoms. The van der Waals surface area contributed by atoms with Gasteiger partial charge in [0.05, 0.1) is 37.0 Å². The van der Waals surface area contributed by atoms with Crippen molar-refractivity contribution < 1.29 is 23.8 Å². The molecule has 2 aliphatic rings. The number of ketones is 2. The Balaban J connectivity index is 1.70. The fourth-order valence-electron chi connectivity index (χ4n) is 4.37. The average Bonchev–Trinajstić information content (AvgIpc) is 3.26. The molecule has 6 heteroatoms. The van der Waals surface area contributed by atoms with Gasteiger partial charge in [-0.2, -0.15) is 5.26 Å². The Bertz CT molecular complexity index is 1230. The van der Waals surface area contributed by atoms with Crippen LogP contribution in [0.3, 0.4) is 0 Å². The summed E-state index contributed by atoms with van der Waals surface area (Å²) in [7, 11) is 2.94. The van der Waals surface area contributed by atoms with Gasteiger partial charge in [-0.25, -0.2) is 0 Å². The van der Waals surface area contributed by atoms with Crippen LogP contribution in [0.5, 0.6) is 17.2 Å². The van der Waals surface area contributed by atoms with E-state index in [9.17, 15) is 9.59 Å². The van der Waals surface area contributed by atoms with Gasteiger partial charge in [0.25, 0.3) is 0 Å². The van der Waals surface area contributed by atoms with Gasteiger partial charge in [0.15, 0.2) is 23.1 Å². The Morgan fingerprint density at radius 3 is 2.03 bits per heavy atom.